The molecular weight excluding hydrogens is 324 g/mol. The van der Waals surface area contributed by atoms with Crippen LogP contribution in [0.4, 0.5) is 0 Å². The quantitative estimate of drug-likeness (QED) is 0.565. The lowest BCUT2D eigenvalue weighted by Gasteiger charge is -2.07. The van der Waals surface area contributed by atoms with Gasteiger partial charge in [0.1, 0.15) is 22.7 Å². The molecule has 0 aliphatic heterocycles. The average Bonchev–Trinajstić information content (AvgIpc) is 2.59. The largest absolute Gasteiger partial charge is 0.508 e. The maximum Gasteiger partial charge on any atom is 0.344 e. The number of phenolic OH excluding ortho intramolecular Hbond substituents is 1. The molecule has 0 unspecified atom stereocenters. The summed E-state index contributed by atoms with van der Waals surface area (Å²) >= 11 is 0. The van der Waals surface area contributed by atoms with E-state index in [1.54, 1.807) is 30.3 Å². The Morgan fingerprint density at radius 1 is 0.880 bits per heavy atom. The van der Waals surface area contributed by atoms with Gasteiger partial charge in [0, 0.05) is 34.5 Å². The first-order valence-electron chi connectivity index (χ1n) is 7.44. The molecule has 0 atom stereocenters. The molecule has 1 N–H and O–H groups in total. The number of rotatable bonds is 2. The molecule has 25 heavy (non-hydrogen) atoms. The Labute approximate surface area is 140 Å². The van der Waals surface area contributed by atoms with Crippen LogP contribution in [-0.2, 0) is 0 Å². The summed E-state index contributed by atoms with van der Waals surface area (Å²) in [4.78, 5) is 24.3. The second-order valence-corrected chi connectivity index (χ2v) is 5.51. The number of methoxy groups -OCH3 is 1. The second kappa shape index (κ2) is 5.52. The predicted octanol–water partition coefficient (Wildman–Crippen LogP) is 3.28. The maximum absolute atomic E-state index is 12.4. The maximum atomic E-state index is 12.4. The third-order valence-electron chi connectivity index (χ3n) is 3.96. The van der Waals surface area contributed by atoms with Crippen LogP contribution >= 0.6 is 0 Å². The molecule has 6 heteroatoms. The Kier molecular flexibility index (Phi) is 3.32. The standard InChI is InChI=1S/C19H12O6/c1-23-12-4-5-13-14(9-18(21)24-17(13)8-12)15-6-10-2-3-11(20)7-16(10)25-19(15)22/h2-9,20H,1H3. The van der Waals surface area contributed by atoms with Gasteiger partial charge in [-0.05, 0) is 30.3 Å². The summed E-state index contributed by atoms with van der Waals surface area (Å²) in [6.07, 6.45) is 0. The molecule has 124 valence electrons. The van der Waals surface area contributed by atoms with Crippen molar-refractivity contribution < 1.29 is 18.7 Å². The van der Waals surface area contributed by atoms with Crippen LogP contribution in [0.25, 0.3) is 33.1 Å². The van der Waals surface area contributed by atoms with Gasteiger partial charge in [0.2, 0.25) is 0 Å². The molecule has 0 amide bonds. The number of benzene rings is 2. The van der Waals surface area contributed by atoms with Crippen LogP contribution in [0, 0.1) is 0 Å². The van der Waals surface area contributed by atoms with E-state index in [2.05, 4.69) is 0 Å². The highest BCUT2D eigenvalue weighted by atomic mass is 16.5. The molecule has 4 rings (SSSR count). The summed E-state index contributed by atoms with van der Waals surface area (Å²) in [5.74, 6) is 0.537. The van der Waals surface area contributed by atoms with Crippen molar-refractivity contribution in [2.45, 2.75) is 0 Å². The van der Waals surface area contributed by atoms with Crippen LogP contribution in [0.2, 0.25) is 0 Å². The Bertz CT molecular complexity index is 1230. The fourth-order valence-corrected chi connectivity index (χ4v) is 2.78. The third kappa shape index (κ3) is 2.53. The minimum atomic E-state index is -0.610. The Morgan fingerprint density at radius 3 is 2.52 bits per heavy atom. The van der Waals surface area contributed by atoms with Gasteiger partial charge in [-0.3, -0.25) is 0 Å². The number of hydrogen-bond acceptors (Lipinski definition) is 6. The van der Waals surface area contributed by atoms with Gasteiger partial charge in [0.05, 0.1) is 12.7 Å². The van der Waals surface area contributed by atoms with Crippen molar-refractivity contribution in [1.82, 2.24) is 0 Å². The molecule has 4 aromatic rings. The molecule has 0 radical (unpaired) electrons. The van der Waals surface area contributed by atoms with Crippen LogP contribution in [0.1, 0.15) is 0 Å². The normalized spacial score (nSPS) is 11.1. The molecular formula is C19H12O6. The van der Waals surface area contributed by atoms with Crippen molar-refractivity contribution >= 4 is 21.9 Å². The molecule has 2 aromatic heterocycles. The Morgan fingerprint density at radius 2 is 1.72 bits per heavy atom. The van der Waals surface area contributed by atoms with E-state index in [1.807, 2.05) is 0 Å². The summed E-state index contributed by atoms with van der Waals surface area (Å²) in [6.45, 7) is 0. The fourth-order valence-electron chi connectivity index (χ4n) is 2.78. The highest BCUT2D eigenvalue weighted by Gasteiger charge is 2.14. The summed E-state index contributed by atoms with van der Waals surface area (Å²) in [5.41, 5.74) is 0.0374. The average molecular weight is 336 g/mol. The lowest BCUT2D eigenvalue weighted by atomic mass is 10.0. The van der Waals surface area contributed by atoms with Crippen LogP contribution in [0.5, 0.6) is 11.5 Å². The summed E-state index contributed by atoms with van der Waals surface area (Å²) in [6, 6.07) is 12.4. The number of aromatic hydroxyl groups is 1. The molecule has 0 aliphatic rings. The molecule has 2 aromatic carbocycles. The van der Waals surface area contributed by atoms with E-state index in [0.29, 0.717) is 27.7 Å². The topological polar surface area (TPSA) is 89.9 Å². The highest BCUT2D eigenvalue weighted by molar-refractivity contribution is 5.95. The molecule has 0 saturated carbocycles. The van der Waals surface area contributed by atoms with E-state index >= 15 is 0 Å². The lowest BCUT2D eigenvalue weighted by Crippen LogP contribution is -2.06. The van der Waals surface area contributed by atoms with Gasteiger partial charge in [-0.25, -0.2) is 9.59 Å². The van der Waals surface area contributed by atoms with Gasteiger partial charge < -0.3 is 18.7 Å². The fraction of sp³-hybridized carbons (Fsp3) is 0.0526. The monoisotopic (exact) mass is 336 g/mol. The minimum Gasteiger partial charge on any atom is -0.508 e. The van der Waals surface area contributed by atoms with Crippen LogP contribution in [-0.4, -0.2) is 12.2 Å². The smallest absolute Gasteiger partial charge is 0.344 e. The first-order valence-corrected chi connectivity index (χ1v) is 7.44. The second-order valence-electron chi connectivity index (χ2n) is 5.51. The number of phenols is 1. The molecule has 6 nitrogen and oxygen atoms in total. The zero-order valence-corrected chi connectivity index (χ0v) is 13.1. The van der Waals surface area contributed by atoms with Gasteiger partial charge >= 0.3 is 11.3 Å². The molecule has 0 bridgehead atoms. The SMILES string of the molecule is COc1ccc2c(-c3cc4ccc(O)cc4oc3=O)cc(=O)oc2c1. The van der Waals surface area contributed by atoms with Crippen LogP contribution in [0.3, 0.4) is 0 Å². The van der Waals surface area contributed by atoms with Gasteiger partial charge in [-0.1, -0.05) is 0 Å². The van der Waals surface area contributed by atoms with E-state index in [-0.39, 0.29) is 16.9 Å². The van der Waals surface area contributed by atoms with E-state index in [4.69, 9.17) is 13.6 Å². The van der Waals surface area contributed by atoms with Crippen LogP contribution < -0.4 is 16.0 Å². The van der Waals surface area contributed by atoms with Crippen molar-refractivity contribution in [3.8, 4) is 22.6 Å². The highest BCUT2D eigenvalue weighted by Crippen LogP contribution is 2.30. The van der Waals surface area contributed by atoms with Gasteiger partial charge in [-0.2, -0.15) is 0 Å². The lowest BCUT2D eigenvalue weighted by molar-refractivity contribution is 0.414. The zero-order chi connectivity index (χ0) is 17.6. The summed E-state index contributed by atoms with van der Waals surface area (Å²) in [5, 5.41) is 10.7. The first kappa shape index (κ1) is 15.0. The molecule has 0 saturated heterocycles. The van der Waals surface area contributed by atoms with E-state index < -0.39 is 11.3 Å². The van der Waals surface area contributed by atoms with Gasteiger partial charge in [0.25, 0.3) is 0 Å². The van der Waals surface area contributed by atoms with Crippen molar-refractivity contribution in [2.24, 2.45) is 0 Å². The summed E-state index contributed by atoms with van der Waals surface area (Å²) < 4.78 is 15.6. The summed E-state index contributed by atoms with van der Waals surface area (Å²) in [7, 11) is 1.51. The molecule has 2 heterocycles. The van der Waals surface area contributed by atoms with Crippen LogP contribution in [0.15, 0.2) is 67.0 Å². The van der Waals surface area contributed by atoms with E-state index in [1.165, 1.54) is 25.3 Å². The van der Waals surface area contributed by atoms with Gasteiger partial charge in [0.15, 0.2) is 0 Å². The molecule has 0 fully saturated rings. The number of fused-ring (bicyclic) bond motifs is 2. The van der Waals surface area contributed by atoms with Crippen molar-refractivity contribution in [2.75, 3.05) is 7.11 Å². The van der Waals surface area contributed by atoms with E-state index in [0.717, 1.165) is 0 Å². The number of ether oxygens (including phenoxy) is 1. The molecule has 0 spiro atoms. The van der Waals surface area contributed by atoms with Gasteiger partial charge in [-0.15, -0.1) is 0 Å². The molecule has 0 aliphatic carbocycles. The van der Waals surface area contributed by atoms with Crippen molar-refractivity contribution in [3.63, 3.8) is 0 Å². The van der Waals surface area contributed by atoms with Crippen molar-refractivity contribution in [3.05, 3.63) is 69.4 Å². The third-order valence-corrected chi connectivity index (χ3v) is 3.96. The number of hydrogen-bond donors (Lipinski definition) is 1. The first-order chi connectivity index (χ1) is 12.0. The van der Waals surface area contributed by atoms with E-state index in [9.17, 15) is 14.7 Å². The minimum absolute atomic E-state index is 0.00120. The van der Waals surface area contributed by atoms with Crippen molar-refractivity contribution in [1.29, 1.82) is 0 Å². The zero-order valence-electron chi connectivity index (χ0n) is 13.1. The predicted molar refractivity (Wildman–Crippen MR) is 92.2 cm³/mol. The Balaban J connectivity index is 2.06. The Hall–Kier alpha value is -3.54.